The number of carbonyl (C=O) groups excluding carboxylic acids is 3. The molecule has 28 heavy (non-hydrogen) atoms. The summed E-state index contributed by atoms with van der Waals surface area (Å²) in [7, 11) is 0. The molecule has 0 N–H and O–H groups in total. The summed E-state index contributed by atoms with van der Waals surface area (Å²) >= 11 is 7.55. The Bertz CT molecular complexity index is 720. The molecule has 0 saturated carbocycles. The van der Waals surface area contributed by atoms with Gasteiger partial charge in [-0.3, -0.25) is 19.3 Å². The van der Waals surface area contributed by atoms with Gasteiger partial charge in [0.05, 0.1) is 10.9 Å². The van der Waals surface area contributed by atoms with Crippen LogP contribution < -0.4 is 0 Å². The molecule has 3 heterocycles. The number of hydrogen-bond acceptors (Lipinski definition) is 6. The van der Waals surface area contributed by atoms with E-state index in [1.807, 2.05) is 17.0 Å². The van der Waals surface area contributed by atoms with E-state index in [1.54, 1.807) is 11.8 Å². The fourth-order valence-electron chi connectivity index (χ4n) is 3.74. The zero-order valence-electron chi connectivity index (χ0n) is 16.1. The number of hydrogen-bond donors (Lipinski definition) is 0. The van der Waals surface area contributed by atoms with E-state index in [4.69, 9.17) is 16.3 Å². The Kier molecular flexibility index (Phi) is 7.31. The van der Waals surface area contributed by atoms with E-state index >= 15 is 0 Å². The quantitative estimate of drug-likeness (QED) is 0.513. The minimum atomic E-state index is -0.566. The first kappa shape index (κ1) is 21.1. The Hall–Kier alpha value is -1.64. The number of amides is 2. The summed E-state index contributed by atoms with van der Waals surface area (Å²) in [5, 5.41) is 0. The summed E-state index contributed by atoms with van der Waals surface area (Å²) in [6.07, 6.45) is 1.66. The van der Waals surface area contributed by atoms with Gasteiger partial charge in [0.2, 0.25) is 11.8 Å². The van der Waals surface area contributed by atoms with Crippen molar-refractivity contribution in [3.05, 3.63) is 21.3 Å². The molecule has 0 aliphatic carbocycles. The average Bonchev–Trinajstić information content (AvgIpc) is 3.33. The maximum atomic E-state index is 13.1. The molecule has 2 fully saturated rings. The largest absolute Gasteiger partial charge is 0.466 e. The molecule has 2 aliphatic rings. The molecule has 1 aromatic rings. The van der Waals surface area contributed by atoms with Gasteiger partial charge in [-0.05, 0) is 31.9 Å². The van der Waals surface area contributed by atoms with Gasteiger partial charge in [-0.1, -0.05) is 11.6 Å². The molecule has 3 rings (SSSR count). The minimum absolute atomic E-state index is 0.0244. The second kappa shape index (κ2) is 9.71. The second-order valence-electron chi connectivity index (χ2n) is 7.06. The van der Waals surface area contributed by atoms with E-state index in [1.165, 1.54) is 11.3 Å². The third-order valence-corrected chi connectivity index (χ3v) is 6.31. The smallest absolute Gasteiger partial charge is 0.315 e. The van der Waals surface area contributed by atoms with Crippen molar-refractivity contribution in [2.24, 2.45) is 0 Å². The fraction of sp³-hybridized carbons (Fsp3) is 0.632. The van der Waals surface area contributed by atoms with Crippen LogP contribution in [0.1, 0.15) is 31.1 Å². The average molecular weight is 428 g/mol. The number of piperazine rings is 1. The van der Waals surface area contributed by atoms with E-state index in [2.05, 4.69) is 4.90 Å². The summed E-state index contributed by atoms with van der Waals surface area (Å²) in [5.74, 6) is -0.908. The van der Waals surface area contributed by atoms with Gasteiger partial charge in [-0.25, -0.2) is 0 Å². The van der Waals surface area contributed by atoms with Crippen molar-refractivity contribution in [2.45, 2.75) is 38.8 Å². The van der Waals surface area contributed by atoms with Crippen molar-refractivity contribution in [3.8, 4) is 0 Å². The Morgan fingerprint density at radius 1 is 1.18 bits per heavy atom. The normalized spacial score (nSPS) is 20.4. The summed E-state index contributed by atoms with van der Waals surface area (Å²) in [5.41, 5.74) is 0. The fourth-order valence-corrected chi connectivity index (χ4v) is 4.87. The molecular weight excluding hydrogens is 402 g/mol. The van der Waals surface area contributed by atoms with E-state index in [0.717, 1.165) is 35.1 Å². The maximum absolute atomic E-state index is 13.1. The van der Waals surface area contributed by atoms with E-state index in [9.17, 15) is 14.4 Å². The Morgan fingerprint density at radius 2 is 1.93 bits per heavy atom. The van der Waals surface area contributed by atoms with Crippen LogP contribution in [-0.4, -0.2) is 77.9 Å². The second-order valence-corrected chi connectivity index (χ2v) is 8.86. The van der Waals surface area contributed by atoms with Crippen LogP contribution in [0.15, 0.2) is 12.1 Å². The number of ether oxygens (including phenoxy) is 1. The summed E-state index contributed by atoms with van der Waals surface area (Å²) in [6.45, 7) is 5.62. The lowest BCUT2D eigenvalue weighted by Gasteiger charge is -2.41. The van der Waals surface area contributed by atoms with Gasteiger partial charge in [-0.15, -0.1) is 11.3 Å². The predicted octanol–water partition coefficient (Wildman–Crippen LogP) is 1.99. The standard InChI is InChI=1S/C19H26ClN3O4S/c1-2-27-18(25)11-17(24)23-10-9-21(12-14-5-6-16(20)28-14)13-15(23)19(26)22-7-3-4-8-22/h5-6,15H,2-4,7-13H2,1H3. The van der Waals surface area contributed by atoms with E-state index < -0.39 is 12.0 Å². The lowest BCUT2D eigenvalue weighted by molar-refractivity contribution is -0.155. The lowest BCUT2D eigenvalue weighted by atomic mass is 10.1. The monoisotopic (exact) mass is 427 g/mol. The first-order chi connectivity index (χ1) is 13.5. The highest BCUT2D eigenvalue weighted by molar-refractivity contribution is 7.16. The van der Waals surface area contributed by atoms with Crippen molar-refractivity contribution in [2.75, 3.05) is 39.3 Å². The zero-order chi connectivity index (χ0) is 20.1. The van der Waals surface area contributed by atoms with Crippen molar-refractivity contribution in [1.29, 1.82) is 0 Å². The highest BCUT2D eigenvalue weighted by Crippen LogP contribution is 2.24. The van der Waals surface area contributed by atoms with Gasteiger partial charge in [0.1, 0.15) is 12.5 Å². The molecule has 7 nitrogen and oxygen atoms in total. The maximum Gasteiger partial charge on any atom is 0.315 e. The molecular formula is C19H26ClN3O4S. The number of halogens is 1. The van der Waals surface area contributed by atoms with Gasteiger partial charge < -0.3 is 14.5 Å². The van der Waals surface area contributed by atoms with Gasteiger partial charge in [-0.2, -0.15) is 0 Å². The number of nitrogens with zero attached hydrogens (tertiary/aromatic N) is 3. The summed E-state index contributed by atoms with van der Waals surface area (Å²) < 4.78 is 5.64. The molecule has 0 aromatic carbocycles. The predicted molar refractivity (Wildman–Crippen MR) is 107 cm³/mol. The molecule has 1 unspecified atom stereocenters. The van der Waals surface area contributed by atoms with E-state index in [0.29, 0.717) is 26.2 Å². The molecule has 2 amide bonds. The number of carbonyl (C=O) groups is 3. The molecule has 1 atom stereocenters. The number of rotatable bonds is 6. The first-order valence-electron chi connectivity index (χ1n) is 9.68. The van der Waals surface area contributed by atoms with Crippen LogP contribution in [0.3, 0.4) is 0 Å². The van der Waals surface area contributed by atoms with Crippen molar-refractivity contribution in [3.63, 3.8) is 0 Å². The molecule has 1 aromatic heterocycles. The molecule has 2 saturated heterocycles. The van der Waals surface area contributed by atoms with Crippen LogP contribution in [0.2, 0.25) is 4.34 Å². The van der Waals surface area contributed by atoms with Crippen molar-refractivity contribution in [1.82, 2.24) is 14.7 Å². The highest BCUT2D eigenvalue weighted by atomic mass is 35.5. The topological polar surface area (TPSA) is 70.2 Å². The van der Waals surface area contributed by atoms with Crippen LogP contribution in [-0.2, 0) is 25.7 Å². The highest BCUT2D eigenvalue weighted by Gasteiger charge is 2.38. The Morgan fingerprint density at radius 3 is 2.57 bits per heavy atom. The van der Waals surface area contributed by atoms with Gasteiger partial charge in [0.15, 0.2) is 0 Å². The van der Waals surface area contributed by atoms with Crippen LogP contribution in [0.4, 0.5) is 0 Å². The summed E-state index contributed by atoms with van der Waals surface area (Å²) in [6, 6.07) is 3.29. The number of esters is 1. The van der Waals surface area contributed by atoms with E-state index in [-0.39, 0.29) is 24.8 Å². The third-order valence-electron chi connectivity index (χ3n) is 5.10. The lowest BCUT2D eigenvalue weighted by Crippen LogP contribution is -2.60. The Balaban J connectivity index is 1.70. The first-order valence-corrected chi connectivity index (χ1v) is 10.9. The van der Waals surface area contributed by atoms with Crippen LogP contribution in [0.25, 0.3) is 0 Å². The van der Waals surface area contributed by atoms with Gasteiger partial charge in [0, 0.05) is 44.1 Å². The van der Waals surface area contributed by atoms with Crippen LogP contribution in [0, 0.1) is 0 Å². The van der Waals surface area contributed by atoms with Gasteiger partial charge >= 0.3 is 5.97 Å². The molecule has 2 aliphatic heterocycles. The zero-order valence-corrected chi connectivity index (χ0v) is 17.6. The molecule has 0 bridgehead atoms. The summed E-state index contributed by atoms with van der Waals surface area (Å²) in [4.78, 5) is 44.3. The molecule has 0 radical (unpaired) electrons. The third kappa shape index (κ3) is 5.24. The SMILES string of the molecule is CCOC(=O)CC(=O)N1CCN(Cc2ccc(Cl)s2)CC1C(=O)N1CCCC1. The van der Waals surface area contributed by atoms with Crippen LogP contribution >= 0.6 is 22.9 Å². The Labute approximate surface area is 174 Å². The van der Waals surface area contributed by atoms with Crippen molar-refractivity contribution >= 4 is 40.7 Å². The van der Waals surface area contributed by atoms with Gasteiger partial charge in [0.25, 0.3) is 0 Å². The molecule has 0 spiro atoms. The minimum Gasteiger partial charge on any atom is -0.466 e. The molecule has 9 heteroatoms. The number of likely N-dealkylation sites (tertiary alicyclic amines) is 1. The van der Waals surface area contributed by atoms with Crippen molar-refractivity contribution < 1.29 is 19.1 Å². The van der Waals surface area contributed by atoms with Crippen LogP contribution in [0.5, 0.6) is 0 Å². The molecule has 154 valence electrons. The number of thiophene rings is 1.